The molecule has 0 bridgehead atoms. The van der Waals surface area contributed by atoms with Gasteiger partial charge < -0.3 is 4.90 Å². The highest BCUT2D eigenvalue weighted by atomic mass is 35.5. The van der Waals surface area contributed by atoms with E-state index in [0.717, 1.165) is 32.4 Å². The van der Waals surface area contributed by atoms with Crippen LogP contribution in [-0.2, 0) is 11.2 Å². The predicted octanol–water partition coefficient (Wildman–Crippen LogP) is 3.41. The van der Waals surface area contributed by atoms with Crippen LogP contribution >= 0.6 is 11.6 Å². The molecule has 1 atom stereocenters. The molecule has 104 valence electrons. The number of alkyl halides is 1. The molecule has 1 heterocycles. The van der Waals surface area contributed by atoms with E-state index < -0.39 is 0 Å². The summed E-state index contributed by atoms with van der Waals surface area (Å²) in [5.74, 6) is 1.43. The van der Waals surface area contributed by atoms with E-state index in [2.05, 4.69) is 31.2 Å². The number of hydrogen-bond donors (Lipinski definition) is 0. The third-order valence-electron chi connectivity index (χ3n) is 3.80. The zero-order valence-corrected chi connectivity index (χ0v) is 12.3. The van der Waals surface area contributed by atoms with Crippen molar-refractivity contribution in [1.82, 2.24) is 4.90 Å². The fourth-order valence-corrected chi connectivity index (χ4v) is 2.95. The second kappa shape index (κ2) is 6.95. The maximum Gasteiger partial charge on any atom is 0.222 e. The van der Waals surface area contributed by atoms with Gasteiger partial charge in [-0.25, -0.2) is 0 Å². The van der Waals surface area contributed by atoms with Crippen molar-refractivity contribution in [1.29, 1.82) is 0 Å². The molecule has 0 saturated carbocycles. The van der Waals surface area contributed by atoms with Gasteiger partial charge in [0.1, 0.15) is 0 Å². The van der Waals surface area contributed by atoms with Crippen LogP contribution < -0.4 is 0 Å². The minimum absolute atomic E-state index is 0.274. The molecule has 1 aromatic rings. The number of aryl methyl sites for hydroxylation is 2. The molecule has 1 fully saturated rings. The van der Waals surface area contributed by atoms with E-state index in [-0.39, 0.29) is 5.91 Å². The molecule has 0 radical (unpaired) electrons. The summed E-state index contributed by atoms with van der Waals surface area (Å²) in [7, 11) is 0. The number of piperidine rings is 1. The zero-order valence-electron chi connectivity index (χ0n) is 11.6. The number of rotatable bonds is 4. The minimum Gasteiger partial charge on any atom is -0.342 e. The summed E-state index contributed by atoms with van der Waals surface area (Å²) in [5.41, 5.74) is 2.50. The summed E-state index contributed by atoms with van der Waals surface area (Å²) in [6.07, 6.45) is 3.69. The van der Waals surface area contributed by atoms with Crippen LogP contribution in [0.25, 0.3) is 0 Å². The van der Waals surface area contributed by atoms with Crippen LogP contribution in [0.4, 0.5) is 0 Å². The molecule has 19 heavy (non-hydrogen) atoms. The molecule has 0 aliphatic carbocycles. The number of likely N-dealkylation sites (tertiary alicyclic amines) is 1. The standard InChI is InChI=1S/C16H22ClNO/c1-13-4-2-5-14(10-13)7-8-16(19)18-9-3-6-15(11-17)12-18/h2,4-5,10,15H,3,6-9,11-12H2,1H3. The Labute approximate surface area is 120 Å². The van der Waals surface area contributed by atoms with Gasteiger partial charge in [0.15, 0.2) is 0 Å². The molecule has 0 N–H and O–H groups in total. The van der Waals surface area contributed by atoms with Gasteiger partial charge in [0.2, 0.25) is 5.91 Å². The first-order valence-corrected chi connectivity index (χ1v) is 7.62. The van der Waals surface area contributed by atoms with Crippen molar-refractivity contribution in [3.63, 3.8) is 0 Å². The van der Waals surface area contributed by atoms with Crippen molar-refractivity contribution in [2.45, 2.75) is 32.6 Å². The molecule has 1 aromatic carbocycles. The summed E-state index contributed by atoms with van der Waals surface area (Å²) >= 11 is 5.90. The fourth-order valence-electron chi connectivity index (χ4n) is 2.69. The van der Waals surface area contributed by atoms with Crippen molar-refractivity contribution in [3.8, 4) is 0 Å². The van der Waals surface area contributed by atoms with Gasteiger partial charge in [-0.2, -0.15) is 0 Å². The van der Waals surface area contributed by atoms with E-state index in [1.807, 2.05) is 4.90 Å². The lowest BCUT2D eigenvalue weighted by Crippen LogP contribution is -2.40. The predicted molar refractivity (Wildman–Crippen MR) is 79.5 cm³/mol. The lowest BCUT2D eigenvalue weighted by molar-refractivity contribution is -0.132. The minimum atomic E-state index is 0.274. The Morgan fingerprint density at radius 1 is 1.47 bits per heavy atom. The Morgan fingerprint density at radius 3 is 3.05 bits per heavy atom. The molecular formula is C16H22ClNO. The van der Waals surface area contributed by atoms with Crippen molar-refractivity contribution in [3.05, 3.63) is 35.4 Å². The molecule has 0 aromatic heterocycles. The normalized spacial score (nSPS) is 19.5. The number of halogens is 1. The number of carbonyl (C=O) groups excluding carboxylic acids is 1. The highest BCUT2D eigenvalue weighted by molar-refractivity contribution is 6.18. The van der Waals surface area contributed by atoms with Crippen LogP contribution in [0, 0.1) is 12.8 Å². The van der Waals surface area contributed by atoms with Gasteiger partial charge in [0.05, 0.1) is 0 Å². The molecule has 1 amide bonds. The maximum absolute atomic E-state index is 12.2. The lowest BCUT2D eigenvalue weighted by atomic mass is 9.99. The van der Waals surface area contributed by atoms with Crippen LogP contribution in [0.3, 0.4) is 0 Å². The van der Waals surface area contributed by atoms with Crippen LogP contribution in [0.15, 0.2) is 24.3 Å². The molecule has 1 unspecified atom stereocenters. The van der Waals surface area contributed by atoms with Gasteiger partial charge in [0.25, 0.3) is 0 Å². The Morgan fingerprint density at radius 2 is 2.32 bits per heavy atom. The van der Waals surface area contributed by atoms with E-state index in [1.165, 1.54) is 11.1 Å². The number of amides is 1. The van der Waals surface area contributed by atoms with E-state index in [1.54, 1.807) is 0 Å². The lowest BCUT2D eigenvalue weighted by Gasteiger charge is -2.32. The van der Waals surface area contributed by atoms with Crippen molar-refractivity contribution < 1.29 is 4.79 Å². The van der Waals surface area contributed by atoms with Gasteiger partial charge in [-0.15, -0.1) is 11.6 Å². The third kappa shape index (κ3) is 4.24. The maximum atomic E-state index is 12.2. The molecule has 2 rings (SSSR count). The number of hydrogen-bond acceptors (Lipinski definition) is 1. The topological polar surface area (TPSA) is 20.3 Å². The Kier molecular flexibility index (Phi) is 5.26. The summed E-state index contributed by atoms with van der Waals surface area (Å²) in [6, 6.07) is 8.39. The fraction of sp³-hybridized carbons (Fsp3) is 0.562. The average Bonchev–Trinajstić information content (AvgIpc) is 2.45. The highest BCUT2D eigenvalue weighted by Gasteiger charge is 2.22. The molecular weight excluding hydrogens is 258 g/mol. The van der Waals surface area contributed by atoms with E-state index in [4.69, 9.17) is 11.6 Å². The summed E-state index contributed by atoms with van der Waals surface area (Å²) in [5, 5.41) is 0. The van der Waals surface area contributed by atoms with Gasteiger partial charge in [-0.05, 0) is 37.7 Å². The Balaban J connectivity index is 1.84. The second-order valence-electron chi connectivity index (χ2n) is 5.49. The van der Waals surface area contributed by atoms with Crippen molar-refractivity contribution in [2.24, 2.45) is 5.92 Å². The summed E-state index contributed by atoms with van der Waals surface area (Å²) in [4.78, 5) is 14.2. The molecule has 2 nitrogen and oxygen atoms in total. The molecule has 1 aliphatic rings. The third-order valence-corrected chi connectivity index (χ3v) is 4.24. The monoisotopic (exact) mass is 279 g/mol. The van der Waals surface area contributed by atoms with Crippen molar-refractivity contribution in [2.75, 3.05) is 19.0 Å². The van der Waals surface area contributed by atoms with Gasteiger partial charge in [-0.3, -0.25) is 4.79 Å². The first-order valence-electron chi connectivity index (χ1n) is 7.08. The van der Waals surface area contributed by atoms with E-state index >= 15 is 0 Å². The highest BCUT2D eigenvalue weighted by Crippen LogP contribution is 2.18. The van der Waals surface area contributed by atoms with Crippen LogP contribution in [0.5, 0.6) is 0 Å². The van der Waals surface area contributed by atoms with Crippen molar-refractivity contribution >= 4 is 17.5 Å². The van der Waals surface area contributed by atoms with Gasteiger partial charge >= 0.3 is 0 Å². The first-order chi connectivity index (χ1) is 9.19. The number of carbonyl (C=O) groups is 1. The second-order valence-corrected chi connectivity index (χ2v) is 5.80. The first kappa shape index (κ1) is 14.4. The number of benzene rings is 1. The molecule has 3 heteroatoms. The average molecular weight is 280 g/mol. The van der Waals surface area contributed by atoms with Gasteiger partial charge in [-0.1, -0.05) is 29.8 Å². The number of nitrogens with zero attached hydrogens (tertiary/aromatic N) is 1. The SMILES string of the molecule is Cc1cccc(CCC(=O)N2CCCC(CCl)C2)c1. The quantitative estimate of drug-likeness (QED) is 0.774. The molecule has 0 spiro atoms. The Bertz CT molecular complexity index is 433. The smallest absolute Gasteiger partial charge is 0.222 e. The van der Waals surface area contributed by atoms with Crippen LogP contribution in [-0.4, -0.2) is 29.8 Å². The van der Waals surface area contributed by atoms with E-state index in [9.17, 15) is 4.79 Å². The Hall–Kier alpha value is -1.02. The summed E-state index contributed by atoms with van der Waals surface area (Å²) < 4.78 is 0. The molecule has 1 aliphatic heterocycles. The van der Waals surface area contributed by atoms with Crippen LogP contribution in [0.2, 0.25) is 0 Å². The molecule has 1 saturated heterocycles. The largest absolute Gasteiger partial charge is 0.342 e. The zero-order chi connectivity index (χ0) is 13.7. The van der Waals surface area contributed by atoms with Gasteiger partial charge in [0, 0.05) is 25.4 Å². The van der Waals surface area contributed by atoms with E-state index in [0.29, 0.717) is 18.2 Å². The summed E-state index contributed by atoms with van der Waals surface area (Å²) in [6.45, 7) is 3.83. The van der Waals surface area contributed by atoms with Crippen LogP contribution in [0.1, 0.15) is 30.4 Å².